The highest BCUT2D eigenvalue weighted by Crippen LogP contribution is 2.47. The molecule has 0 radical (unpaired) electrons. The fraction of sp³-hybridized carbons (Fsp3) is 0.290. The summed E-state index contributed by atoms with van der Waals surface area (Å²) >= 11 is 0. The van der Waals surface area contributed by atoms with Crippen LogP contribution in [0.5, 0.6) is 0 Å². The molecule has 0 saturated heterocycles. The zero-order valence-electron chi connectivity index (χ0n) is 20.0. The van der Waals surface area contributed by atoms with Gasteiger partial charge < -0.3 is 0 Å². The van der Waals surface area contributed by atoms with Gasteiger partial charge in [-0.25, -0.2) is 0 Å². The second-order valence-electron chi connectivity index (χ2n) is 9.89. The van der Waals surface area contributed by atoms with Crippen LogP contribution in [-0.2, 0) is 10.8 Å². The molecule has 0 nitrogen and oxygen atoms in total. The maximum Gasteiger partial charge on any atom is 0.0170 e. The Labute approximate surface area is 187 Å². The maximum atomic E-state index is 2.43. The predicted octanol–water partition coefficient (Wildman–Crippen LogP) is 9.13. The third kappa shape index (κ3) is 3.39. The summed E-state index contributed by atoms with van der Waals surface area (Å²) in [6.45, 7) is 15.7. The van der Waals surface area contributed by atoms with Crippen molar-refractivity contribution in [1.29, 1.82) is 0 Å². The third-order valence-electron chi connectivity index (χ3n) is 6.54. The number of hydrogen-bond acceptors (Lipinski definition) is 0. The first-order valence-corrected chi connectivity index (χ1v) is 11.6. The minimum absolute atomic E-state index is 0.0957. The van der Waals surface area contributed by atoms with E-state index in [9.17, 15) is 0 Å². The van der Waals surface area contributed by atoms with Crippen molar-refractivity contribution in [3.63, 3.8) is 0 Å². The molecule has 5 rings (SSSR count). The largest absolute Gasteiger partial charge is 0.0683 e. The summed E-state index contributed by atoms with van der Waals surface area (Å²) in [5, 5.41) is 5.43. The summed E-state index contributed by atoms with van der Waals surface area (Å²) in [6, 6.07) is 24.7. The van der Waals surface area contributed by atoms with Gasteiger partial charge in [-0.2, -0.15) is 0 Å². The summed E-state index contributed by atoms with van der Waals surface area (Å²) in [6.07, 6.45) is 4.65. The number of fused-ring (bicyclic) bond motifs is 6. The van der Waals surface area contributed by atoms with E-state index in [0.29, 0.717) is 0 Å². The van der Waals surface area contributed by atoms with Gasteiger partial charge in [-0.1, -0.05) is 127 Å². The first-order chi connectivity index (χ1) is 14.8. The Kier molecular flexibility index (Phi) is 5.30. The van der Waals surface area contributed by atoms with Gasteiger partial charge in [0.1, 0.15) is 0 Å². The van der Waals surface area contributed by atoms with Gasteiger partial charge in [0.2, 0.25) is 0 Å². The van der Waals surface area contributed by atoms with Gasteiger partial charge in [-0.3, -0.25) is 0 Å². The highest BCUT2D eigenvalue weighted by Gasteiger charge is 2.33. The van der Waals surface area contributed by atoms with Crippen LogP contribution in [0.4, 0.5) is 0 Å². The Bertz CT molecular complexity index is 1290. The molecular formula is C31H34. The molecule has 4 aromatic carbocycles. The van der Waals surface area contributed by atoms with E-state index in [1.165, 1.54) is 49.4 Å². The molecule has 158 valence electrons. The third-order valence-corrected chi connectivity index (χ3v) is 6.54. The highest BCUT2D eigenvalue weighted by molar-refractivity contribution is 5.99. The molecule has 0 unspecified atom stereocenters. The maximum absolute atomic E-state index is 2.43. The van der Waals surface area contributed by atoms with Gasteiger partial charge in [0.25, 0.3) is 0 Å². The zero-order chi connectivity index (χ0) is 22.4. The second kappa shape index (κ2) is 7.68. The van der Waals surface area contributed by atoms with Gasteiger partial charge >= 0.3 is 0 Å². The van der Waals surface area contributed by atoms with E-state index >= 15 is 0 Å². The van der Waals surface area contributed by atoms with E-state index in [4.69, 9.17) is 0 Å². The minimum atomic E-state index is -0.106. The van der Waals surface area contributed by atoms with Crippen LogP contribution in [0, 0.1) is 0 Å². The zero-order valence-corrected chi connectivity index (χ0v) is 20.0. The lowest BCUT2D eigenvalue weighted by Gasteiger charge is -2.33. The van der Waals surface area contributed by atoms with E-state index in [1.54, 1.807) is 0 Å². The molecule has 0 spiro atoms. The lowest BCUT2D eigenvalue weighted by Crippen LogP contribution is -2.23. The molecule has 0 aliphatic heterocycles. The molecule has 0 fully saturated rings. The average Bonchev–Trinajstić information content (AvgIpc) is 2.88. The fourth-order valence-electron chi connectivity index (χ4n) is 5.28. The van der Waals surface area contributed by atoms with Crippen molar-refractivity contribution >= 4 is 33.7 Å². The van der Waals surface area contributed by atoms with Crippen LogP contribution in [-0.4, -0.2) is 0 Å². The average molecular weight is 407 g/mol. The second-order valence-corrected chi connectivity index (χ2v) is 9.89. The smallest absolute Gasteiger partial charge is 0.0170 e. The molecule has 0 heteroatoms. The van der Waals surface area contributed by atoms with Crippen molar-refractivity contribution in [1.82, 2.24) is 0 Å². The van der Waals surface area contributed by atoms with E-state index < -0.39 is 0 Å². The Hall–Kier alpha value is -2.86. The van der Waals surface area contributed by atoms with Crippen molar-refractivity contribution in [2.24, 2.45) is 0 Å². The summed E-state index contributed by atoms with van der Waals surface area (Å²) in [5.74, 6) is 0. The van der Waals surface area contributed by atoms with Crippen LogP contribution >= 0.6 is 0 Å². The van der Waals surface area contributed by atoms with E-state index in [-0.39, 0.29) is 10.8 Å². The van der Waals surface area contributed by atoms with Gasteiger partial charge in [-0.15, -0.1) is 0 Å². The monoisotopic (exact) mass is 406 g/mol. The van der Waals surface area contributed by atoms with E-state index in [2.05, 4.69) is 114 Å². The van der Waals surface area contributed by atoms with E-state index in [1.807, 2.05) is 13.8 Å². The van der Waals surface area contributed by atoms with Crippen molar-refractivity contribution in [3.05, 3.63) is 94.5 Å². The molecule has 0 atom stereocenters. The highest BCUT2D eigenvalue weighted by atomic mass is 14.4. The van der Waals surface area contributed by atoms with Crippen LogP contribution in [0.25, 0.3) is 33.7 Å². The number of benzene rings is 4. The Morgan fingerprint density at radius 2 is 1.16 bits per heavy atom. The molecule has 0 bridgehead atoms. The van der Waals surface area contributed by atoms with Gasteiger partial charge in [-0.05, 0) is 54.8 Å². The lowest BCUT2D eigenvalue weighted by molar-refractivity contribution is 0.594. The normalized spacial score (nSPS) is 14.4. The Balaban J connectivity index is 0.00000112. The van der Waals surface area contributed by atoms with Crippen LogP contribution in [0.1, 0.15) is 76.3 Å². The van der Waals surface area contributed by atoms with Crippen LogP contribution in [0.3, 0.4) is 0 Å². The number of rotatable bonds is 0. The Morgan fingerprint density at radius 1 is 0.613 bits per heavy atom. The summed E-state index contributed by atoms with van der Waals surface area (Å²) in [7, 11) is 0. The van der Waals surface area contributed by atoms with Gasteiger partial charge in [0.05, 0.1) is 0 Å². The predicted molar refractivity (Wildman–Crippen MR) is 139 cm³/mol. The molecule has 31 heavy (non-hydrogen) atoms. The van der Waals surface area contributed by atoms with E-state index in [0.717, 1.165) is 0 Å². The quantitative estimate of drug-likeness (QED) is 0.273. The van der Waals surface area contributed by atoms with Gasteiger partial charge in [0, 0.05) is 5.41 Å². The molecular weight excluding hydrogens is 372 g/mol. The molecule has 1 aliphatic carbocycles. The lowest BCUT2D eigenvalue weighted by atomic mass is 9.70. The Morgan fingerprint density at radius 3 is 1.84 bits per heavy atom. The first-order valence-electron chi connectivity index (χ1n) is 11.6. The molecule has 0 saturated carbocycles. The number of hydrogen-bond donors (Lipinski definition) is 0. The van der Waals surface area contributed by atoms with Crippen molar-refractivity contribution in [3.8, 4) is 0 Å². The van der Waals surface area contributed by atoms with Crippen LogP contribution in [0.2, 0.25) is 0 Å². The molecule has 0 heterocycles. The van der Waals surface area contributed by atoms with Gasteiger partial charge in [0.15, 0.2) is 0 Å². The van der Waals surface area contributed by atoms with Crippen molar-refractivity contribution in [2.75, 3.05) is 0 Å². The summed E-state index contributed by atoms with van der Waals surface area (Å²) < 4.78 is 0. The molecule has 0 N–H and O–H groups in total. The molecule has 4 aromatic rings. The SMILES string of the molecule is CC.CC(C)(C)c1cc2c(c3ccccc13)C(C)(C)c1c(ccc3ccccc13)C=C2. The van der Waals surface area contributed by atoms with Crippen LogP contribution in [0.15, 0.2) is 66.7 Å². The minimum Gasteiger partial charge on any atom is -0.0683 e. The molecule has 0 aromatic heterocycles. The van der Waals surface area contributed by atoms with Crippen molar-refractivity contribution in [2.45, 2.75) is 59.3 Å². The first kappa shape index (κ1) is 21.4. The fourth-order valence-corrected chi connectivity index (χ4v) is 5.28. The summed E-state index contributed by atoms with van der Waals surface area (Å²) in [5.41, 5.74) is 6.95. The van der Waals surface area contributed by atoms with Crippen molar-refractivity contribution < 1.29 is 0 Å². The topological polar surface area (TPSA) is 0 Å². The van der Waals surface area contributed by atoms with Crippen LogP contribution < -0.4 is 0 Å². The molecule has 1 aliphatic rings. The summed E-state index contributed by atoms with van der Waals surface area (Å²) in [4.78, 5) is 0. The molecule has 0 amide bonds. The standard InChI is InChI=1S/C29H28.C2H6/c1-28(2,3)25-18-21-17-16-20-15-14-19-10-6-7-11-22(19)26(20)29(4,5)27(21)24-13-9-8-12-23(24)25;1-2/h6-18H,1-5H3;1-2H3.